The van der Waals surface area contributed by atoms with E-state index in [9.17, 15) is 0 Å². The van der Waals surface area contributed by atoms with Crippen molar-refractivity contribution in [2.45, 2.75) is 6.42 Å². The molecule has 3 N–H and O–H groups in total. The molecule has 0 aliphatic carbocycles. The zero-order chi connectivity index (χ0) is 5.54. The molecule has 1 aliphatic heterocycles. The molecule has 2 nitrogen and oxygen atoms in total. The fraction of sp³-hybridized carbons (Fsp3) is 0.750. The first-order valence-corrected chi connectivity index (χ1v) is 2.75. The lowest BCUT2D eigenvalue weighted by atomic mass is 10.3. The summed E-state index contributed by atoms with van der Waals surface area (Å²) in [5.74, 6) is 0. The Hall–Kier alpha value is -0.150. The lowest BCUT2D eigenvalue weighted by Gasteiger charge is -2.09. The molecular weight excluding hydrogens is 108 g/mol. The highest BCUT2D eigenvalue weighted by Crippen LogP contribution is 1.80. The first-order valence-electron chi connectivity index (χ1n) is 2.28. The molecule has 0 aromatic carbocycles. The van der Waals surface area contributed by atoms with Crippen LogP contribution in [0.4, 0.5) is 0 Å². The van der Waals surface area contributed by atoms with Gasteiger partial charge in [-0.15, -0.1) is 0 Å². The molecule has 0 unspecified atom stereocenters. The smallest absolute Gasteiger partial charge is 0.0588 e. The Kier molecular flexibility index (Phi) is 5.72. The number of nitrogens with one attached hydrogen (secondary N) is 1. The Bertz CT molecular complexity index is 39.0. The largest absolute Gasteiger partial charge is 0.396 e. The van der Waals surface area contributed by atoms with Gasteiger partial charge in [0.2, 0.25) is 0 Å². The molecule has 3 heteroatoms. The Morgan fingerprint density at radius 3 is 1.71 bits per heavy atom. The van der Waals surface area contributed by atoms with Gasteiger partial charge < -0.3 is 11.1 Å². The Labute approximate surface area is 49.1 Å². The molecular formula is C4H10N2S. The van der Waals surface area contributed by atoms with Crippen molar-refractivity contribution >= 4 is 17.7 Å². The topological polar surface area (TPSA) is 38.0 Å². The summed E-state index contributed by atoms with van der Waals surface area (Å²) in [7, 11) is 0. The van der Waals surface area contributed by atoms with Crippen molar-refractivity contribution in [2.24, 2.45) is 5.73 Å². The maximum Gasteiger partial charge on any atom is 0.0588 e. The van der Waals surface area contributed by atoms with Gasteiger partial charge in [-0.2, -0.15) is 0 Å². The number of hydrogen-bond acceptors (Lipinski definition) is 2. The minimum Gasteiger partial charge on any atom is -0.396 e. The Morgan fingerprint density at radius 1 is 1.57 bits per heavy atom. The molecule has 0 bridgehead atoms. The van der Waals surface area contributed by atoms with Gasteiger partial charge in [-0.3, -0.25) is 0 Å². The molecule has 0 aromatic rings. The molecule has 0 atom stereocenters. The van der Waals surface area contributed by atoms with Gasteiger partial charge in [-0.05, 0) is 19.5 Å². The normalized spacial score (nSPS) is 15.4. The minimum absolute atomic E-state index is 1.08. The summed E-state index contributed by atoms with van der Waals surface area (Å²) in [5, 5.41) is 3.11. The zero-order valence-electron chi connectivity index (χ0n) is 4.18. The fourth-order valence-electron chi connectivity index (χ4n) is 0.177. The van der Waals surface area contributed by atoms with E-state index in [0.29, 0.717) is 0 Å². The SMILES string of the molecule is C1CNC1.NC=S. The molecule has 42 valence electrons. The van der Waals surface area contributed by atoms with Crippen LogP contribution in [0, 0.1) is 0 Å². The van der Waals surface area contributed by atoms with Crippen LogP contribution in [-0.4, -0.2) is 18.6 Å². The molecule has 0 amide bonds. The molecule has 0 radical (unpaired) electrons. The van der Waals surface area contributed by atoms with Crippen molar-refractivity contribution in [3.63, 3.8) is 0 Å². The van der Waals surface area contributed by atoms with E-state index in [1.807, 2.05) is 0 Å². The zero-order valence-corrected chi connectivity index (χ0v) is 5.00. The predicted octanol–water partition coefficient (Wildman–Crippen LogP) is -0.118. The summed E-state index contributed by atoms with van der Waals surface area (Å²) in [4.78, 5) is 0. The Balaban J connectivity index is 0.000000110. The molecule has 1 fully saturated rings. The summed E-state index contributed by atoms with van der Waals surface area (Å²) in [6, 6.07) is 0. The van der Waals surface area contributed by atoms with E-state index in [4.69, 9.17) is 0 Å². The van der Waals surface area contributed by atoms with Crippen LogP contribution in [0.15, 0.2) is 0 Å². The van der Waals surface area contributed by atoms with Crippen molar-refractivity contribution in [1.82, 2.24) is 5.32 Å². The van der Waals surface area contributed by atoms with E-state index in [1.54, 1.807) is 0 Å². The quantitative estimate of drug-likeness (QED) is 0.436. The van der Waals surface area contributed by atoms with Crippen molar-refractivity contribution in [1.29, 1.82) is 0 Å². The van der Waals surface area contributed by atoms with Gasteiger partial charge in [0, 0.05) is 0 Å². The van der Waals surface area contributed by atoms with Gasteiger partial charge >= 0.3 is 0 Å². The van der Waals surface area contributed by atoms with Crippen molar-refractivity contribution < 1.29 is 0 Å². The summed E-state index contributed by atoms with van der Waals surface area (Å²) < 4.78 is 0. The highest BCUT2D eigenvalue weighted by molar-refractivity contribution is 7.78. The van der Waals surface area contributed by atoms with Crippen molar-refractivity contribution in [3.05, 3.63) is 0 Å². The molecule has 0 saturated carbocycles. The van der Waals surface area contributed by atoms with Crippen LogP contribution in [-0.2, 0) is 0 Å². The maximum absolute atomic E-state index is 4.54. The standard InChI is InChI=1S/C3H7N.CH3NS/c1-2-4-3-1;2-1-3/h4H,1-3H2;1H,(H2,2,3). The molecule has 1 heterocycles. The Morgan fingerprint density at radius 2 is 1.71 bits per heavy atom. The average Bonchev–Trinajstić information content (AvgIpc) is 1.27. The van der Waals surface area contributed by atoms with Crippen LogP contribution in [0.25, 0.3) is 0 Å². The van der Waals surface area contributed by atoms with Crippen LogP contribution < -0.4 is 11.1 Å². The van der Waals surface area contributed by atoms with Crippen LogP contribution >= 0.6 is 12.2 Å². The van der Waals surface area contributed by atoms with Gasteiger partial charge in [-0.25, -0.2) is 0 Å². The molecule has 1 rings (SSSR count). The highest BCUT2D eigenvalue weighted by Gasteiger charge is 1.92. The third kappa shape index (κ3) is 5.85. The summed E-state index contributed by atoms with van der Waals surface area (Å²) in [6.07, 6.45) is 1.39. The van der Waals surface area contributed by atoms with Crippen LogP contribution in [0.3, 0.4) is 0 Å². The lowest BCUT2D eigenvalue weighted by Crippen LogP contribution is -2.29. The second kappa shape index (κ2) is 5.85. The molecule has 0 aromatic heterocycles. The second-order valence-corrected chi connectivity index (χ2v) is 1.51. The van der Waals surface area contributed by atoms with Crippen LogP contribution in [0.5, 0.6) is 0 Å². The van der Waals surface area contributed by atoms with Gasteiger partial charge in [0.15, 0.2) is 0 Å². The van der Waals surface area contributed by atoms with E-state index in [-0.39, 0.29) is 0 Å². The van der Waals surface area contributed by atoms with Crippen molar-refractivity contribution in [2.75, 3.05) is 13.1 Å². The first kappa shape index (κ1) is 6.85. The second-order valence-electron chi connectivity index (χ2n) is 1.24. The lowest BCUT2D eigenvalue weighted by molar-refractivity contribution is 0.527. The van der Waals surface area contributed by atoms with E-state index in [0.717, 1.165) is 5.49 Å². The fourth-order valence-corrected chi connectivity index (χ4v) is 0.177. The molecule has 1 saturated heterocycles. The van der Waals surface area contributed by atoms with Gasteiger partial charge in [-0.1, -0.05) is 12.2 Å². The van der Waals surface area contributed by atoms with E-state index >= 15 is 0 Å². The minimum atomic E-state index is 1.08. The number of nitrogens with two attached hydrogens (primary N) is 1. The molecule has 7 heavy (non-hydrogen) atoms. The van der Waals surface area contributed by atoms with Gasteiger partial charge in [0.1, 0.15) is 0 Å². The van der Waals surface area contributed by atoms with Crippen molar-refractivity contribution in [3.8, 4) is 0 Å². The van der Waals surface area contributed by atoms with E-state index < -0.39 is 0 Å². The van der Waals surface area contributed by atoms with Crippen LogP contribution in [0.1, 0.15) is 6.42 Å². The first-order chi connectivity index (χ1) is 3.41. The average molecular weight is 118 g/mol. The number of hydrogen-bond donors (Lipinski definition) is 2. The number of rotatable bonds is 0. The maximum atomic E-state index is 4.54. The molecule has 1 aliphatic rings. The van der Waals surface area contributed by atoms with E-state index in [1.165, 1.54) is 19.5 Å². The van der Waals surface area contributed by atoms with Gasteiger partial charge in [0.25, 0.3) is 0 Å². The van der Waals surface area contributed by atoms with Crippen LogP contribution in [0.2, 0.25) is 0 Å². The highest BCUT2D eigenvalue weighted by atomic mass is 32.1. The third-order valence-corrected chi connectivity index (χ3v) is 0.707. The summed E-state index contributed by atoms with van der Waals surface area (Å²) >= 11 is 4.05. The predicted molar refractivity (Wildman–Crippen MR) is 35.3 cm³/mol. The summed E-state index contributed by atoms with van der Waals surface area (Å²) in [5.41, 5.74) is 5.62. The molecule has 0 spiro atoms. The third-order valence-electron chi connectivity index (χ3n) is 0.707. The number of thiocarbonyl (C=S) groups is 1. The van der Waals surface area contributed by atoms with E-state index in [2.05, 4.69) is 23.3 Å². The monoisotopic (exact) mass is 118 g/mol. The van der Waals surface area contributed by atoms with Gasteiger partial charge in [0.05, 0.1) is 5.49 Å². The summed E-state index contributed by atoms with van der Waals surface area (Å²) in [6.45, 7) is 2.50.